The Morgan fingerprint density at radius 2 is 2.00 bits per heavy atom. The van der Waals surface area contributed by atoms with E-state index in [1.165, 1.54) is 29.2 Å². The topological polar surface area (TPSA) is 98.2 Å². The quantitative estimate of drug-likeness (QED) is 0.618. The SMILES string of the molecule is C=Cc1nnc(-c2ccc(C(F)(F)F)cc2)n1NC=NCC(N)=O. The van der Waals surface area contributed by atoms with Crippen molar-refractivity contribution in [3.63, 3.8) is 0 Å². The Kier molecular flexibility index (Phi) is 4.97. The fourth-order valence-corrected chi connectivity index (χ4v) is 1.79. The molecule has 10 heteroatoms. The van der Waals surface area contributed by atoms with Crippen LogP contribution >= 0.6 is 0 Å². The van der Waals surface area contributed by atoms with Gasteiger partial charge in [-0.3, -0.25) is 15.2 Å². The van der Waals surface area contributed by atoms with Crippen molar-refractivity contribution in [3.05, 3.63) is 42.2 Å². The monoisotopic (exact) mass is 338 g/mol. The van der Waals surface area contributed by atoms with E-state index in [4.69, 9.17) is 5.73 Å². The average Bonchev–Trinajstić information content (AvgIpc) is 2.93. The maximum atomic E-state index is 12.6. The molecule has 126 valence electrons. The van der Waals surface area contributed by atoms with Gasteiger partial charge in [0, 0.05) is 5.56 Å². The van der Waals surface area contributed by atoms with Gasteiger partial charge < -0.3 is 5.73 Å². The molecule has 1 aromatic carbocycles. The minimum absolute atomic E-state index is 0.214. The normalized spacial score (nSPS) is 11.6. The molecule has 1 amide bonds. The molecule has 0 aliphatic carbocycles. The van der Waals surface area contributed by atoms with Crippen LogP contribution in [-0.2, 0) is 11.0 Å². The van der Waals surface area contributed by atoms with E-state index in [9.17, 15) is 18.0 Å². The second-order valence-electron chi connectivity index (χ2n) is 4.56. The largest absolute Gasteiger partial charge is 0.416 e. The van der Waals surface area contributed by atoms with Gasteiger partial charge in [0.15, 0.2) is 11.6 Å². The fourth-order valence-electron chi connectivity index (χ4n) is 1.79. The molecular formula is C14H13F3N6O. The van der Waals surface area contributed by atoms with Gasteiger partial charge in [-0.2, -0.15) is 13.2 Å². The number of benzene rings is 1. The highest BCUT2D eigenvalue weighted by Gasteiger charge is 2.30. The van der Waals surface area contributed by atoms with E-state index in [-0.39, 0.29) is 12.4 Å². The summed E-state index contributed by atoms with van der Waals surface area (Å²) in [5, 5.41) is 7.76. The van der Waals surface area contributed by atoms with Crippen LogP contribution in [0.15, 0.2) is 35.8 Å². The van der Waals surface area contributed by atoms with Gasteiger partial charge in [0.05, 0.1) is 5.56 Å². The molecule has 2 rings (SSSR count). The van der Waals surface area contributed by atoms with E-state index < -0.39 is 17.6 Å². The Bertz CT molecular complexity index is 764. The first-order valence-corrected chi connectivity index (χ1v) is 6.61. The first-order valence-electron chi connectivity index (χ1n) is 6.61. The van der Waals surface area contributed by atoms with E-state index in [0.717, 1.165) is 12.1 Å². The van der Waals surface area contributed by atoms with Gasteiger partial charge in [-0.25, -0.2) is 4.68 Å². The highest BCUT2D eigenvalue weighted by molar-refractivity contribution is 5.78. The number of nitrogens with one attached hydrogen (secondary N) is 1. The van der Waals surface area contributed by atoms with Gasteiger partial charge in [0.25, 0.3) is 0 Å². The molecule has 0 bridgehead atoms. The fraction of sp³-hybridized carbons (Fsp3) is 0.143. The Morgan fingerprint density at radius 3 is 2.54 bits per heavy atom. The number of aliphatic imine (C=N–C) groups is 1. The van der Waals surface area contributed by atoms with E-state index >= 15 is 0 Å². The molecule has 1 heterocycles. The van der Waals surface area contributed by atoms with E-state index in [1.807, 2.05) is 0 Å². The molecule has 2 aromatic rings. The van der Waals surface area contributed by atoms with Crippen molar-refractivity contribution in [1.29, 1.82) is 0 Å². The van der Waals surface area contributed by atoms with Crippen molar-refractivity contribution in [1.82, 2.24) is 14.9 Å². The predicted molar refractivity (Wildman–Crippen MR) is 82.5 cm³/mol. The summed E-state index contributed by atoms with van der Waals surface area (Å²) in [4.78, 5) is 14.4. The molecule has 0 spiro atoms. The summed E-state index contributed by atoms with van der Waals surface area (Å²) in [6.45, 7) is 3.36. The number of carbonyl (C=O) groups excluding carboxylic acids is 1. The lowest BCUT2D eigenvalue weighted by Gasteiger charge is -2.09. The lowest BCUT2D eigenvalue weighted by Crippen LogP contribution is -2.18. The number of alkyl halides is 3. The molecule has 0 fully saturated rings. The molecule has 0 unspecified atom stereocenters. The van der Waals surface area contributed by atoms with Crippen molar-refractivity contribution in [2.45, 2.75) is 6.18 Å². The third-order valence-electron chi connectivity index (χ3n) is 2.87. The molecule has 7 nitrogen and oxygen atoms in total. The maximum absolute atomic E-state index is 12.6. The Labute approximate surface area is 134 Å². The first-order chi connectivity index (χ1) is 11.3. The van der Waals surface area contributed by atoms with Gasteiger partial charge >= 0.3 is 6.18 Å². The zero-order valence-electron chi connectivity index (χ0n) is 12.3. The first kappa shape index (κ1) is 17.2. The smallest absolute Gasteiger partial charge is 0.368 e. The molecule has 1 aromatic heterocycles. The van der Waals surface area contributed by atoms with E-state index in [2.05, 4.69) is 27.2 Å². The molecule has 0 radical (unpaired) electrons. The lowest BCUT2D eigenvalue weighted by atomic mass is 10.1. The number of rotatable bonds is 6. The van der Waals surface area contributed by atoms with Crippen LogP contribution in [0.2, 0.25) is 0 Å². The summed E-state index contributed by atoms with van der Waals surface area (Å²) < 4.78 is 39.2. The minimum atomic E-state index is -4.42. The standard InChI is InChI=1S/C14H13F3N6O/c1-2-12-21-22-13(23(12)20-8-19-7-11(18)24)9-3-5-10(6-4-9)14(15,16)17/h2-6,8H,1,7H2,(H2,18,24)(H,19,20). The Morgan fingerprint density at radius 1 is 1.33 bits per heavy atom. The number of carbonyl (C=O) groups is 1. The van der Waals surface area contributed by atoms with Gasteiger partial charge in [0.1, 0.15) is 12.9 Å². The van der Waals surface area contributed by atoms with Crippen molar-refractivity contribution < 1.29 is 18.0 Å². The van der Waals surface area contributed by atoms with Crippen LogP contribution in [0.4, 0.5) is 13.2 Å². The predicted octanol–water partition coefficient (Wildman–Crippen LogP) is 1.66. The third-order valence-corrected chi connectivity index (χ3v) is 2.87. The van der Waals surface area contributed by atoms with Crippen molar-refractivity contribution in [2.24, 2.45) is 10.7 Å². The van der Waals surface area contributed by atoms with Crippen LogP contribution in [0.1, 0.15) is 11.4 Å². The zero-order valence-corrected chi connectivity index (χ0v) is 12.3. The summed E-state index contributed by atoms with van der Waals surface area (Å²) in [5.74, 6) is -0.0386. The van der Waals surface area contributed by atoms with Crippen LogP contribution in [0.3, 0.4) is 0 Å². The number of nitrogens with zero attached hydrogens (tertiary/aromatic N) is 4. The summed E-state index contributed by atoms with van der Waals surface area (Å²) in [6.07, 6.45) is -1.82. The van der Waals surface area contributed by atoms with Gasteiger partial charge in [-0.05, 0) is 18.2 Å². The Balaban J connectivity index is 2.30. The molecule has 0 saturated heterocycles. The number of halogens is 3. The molecular weight excluding hydrogens is 325 g/mol. The summed E-state index contributed by atoms with van der Waals surface area (Å²) in [5.41, 5.74) is 7.30. The van der Waals surface area contributed by atoms with Gasteiger partial charge in [0.2, 0.25) is 5.91 Å². The van der Waals surface area contributed by atoms with Crippen LogP contribution in [0.5, 0.6) is 0 Å². The second kappa shape index (κ2) is 6.94. The average molecular weight is 338 g/mol. The molecule has 0 aliphatic rings. The number of nitrogens with two attached hydrogens (primary N) is 1. The van der Waals surface area contributed by atoms with Gasteiger partial charge in [-0.15, -0.1) is 10.2 Å². The Hall–Kier alpha value is -3.17. The maximum Gasteiger partial charge on any atom is 0.416 e. The summed E-state index contributed by atoms with van der Waals surface area (Å²) in [6, 6.07) is 4.45. The van der Waals surface area contributed by atoms with E-state index in [1.54, 1.807) is 0 Å². The molecule has 0 atom stereocenters. The van der Waals surface area contributed by atoms with Crippen molar-refractivity contribution in [3.8, 4) is 11.4 Å². The van der Waals surface area contributed by atoms with Crippen molar-refractivity contribution >= 4 is 18.3 Å². The highest BCUT2D eigenvalue weighted by atomic mass is 19.4. The van der Waals surface area contributed by atoms with Crippen LogP contribution in [0, 0.1) is 0 Å². The van der Waals surface area contributed by atoms with Crippen LogP contribution in [-0.4, -0.2) is 33.7 Å². The number of hydrogen-bond donors (Lipinski definition) is 2. The third kappa shape index (κ3) is 3.97. The molecule has 0 aliphatic heterocycles. The number of amides is 1. The number of hydrogen-bond acceptors (Lipinski definition) is 4. The molecule has 24 heavy (non-hydrogen) atoms. The minimum Gasteiger partial charge on any atom is -0.368 e. The van der Waals surface area contributed by atoms with Crippen molar-refractivity contribution in [2.75, 3.05) is 12.0 Å². The zero-order chi connectivity index (χ0) is 17.7. The summed E-state index contributed by atoms with van der Waals surface area (Å²) >= 11 is 0. The van der Waals surface area contributed by atoms with Gasteiger partial charge in [-0.1, -0.05) is 18.7 Å². The highest BCUT2D eigenvalue weighted by Crippen LogP contribution is 2.30. The molecule has 3 N–H and O–H groups in total. The number of aromatic nitrogens is 3. The lowest BCUT2D eigenvalue weighted by molar-refractivity contribution is -0.137. The number of primary amides is 1. The van der Waals surface area contributed by atoms with Crippen LogP contribution < -0.4 is 11.2 Å². The molecule has 0 saturated carbocycles. The van der Waals surface area contributed by atoms with E-state index in [0.29, 0.717) is 11.4 Å². The summed E-state index contributed by atoms with van der Waals surface area (Å²) in [7, 11) is 0. The second-order valence-corrected chi connectivity index (χ2v) is 4.56. The van der Waals surface area contributed by atoms with Crippen LogP contribution in [0.25, 0.3) is 17.5 Å².